The van der Waals surface area contributed by atoms with Gasteiger partial charge >= 0.3 is 6.09 Å². The molecular formula is C21H30N2O4. The fourth-order valence-corrected chi connectivity index (χ4v) is 3.26. The van der Waals surface area contributed by atoms with Crippen LogP contribution < -0.4 is 10.6 Å². The van der Waals surface area contributed by atoms with E-state index in [1.807, 2.05) is 30.3 Å². The molecule has 1 aromatic carbocycles. The van der Waals surface area contributed by atoms with Gasteiger partial charge in [0.2, 0.25) is 5.91 Å². The molecule has 148 valence electrons. The minimum absolute atomic E-state index is 0.00489. The topological polar surface area (TPSA) is 84.5 Å². The summed E-state index contributed by atoms with van der Waals surface area (Å²) < 4.78 is 5.14. The zero-order chi connectivity index (χ0) is 19.9. The Balaban J connectivity index is 1.66. The van der Waals surface area contributed by atoms with Gasteiger partial charge in [-0.1, -0.05) is 30.3 Å². The number of hydrogen-bond acceptors (Lipinski definition) is 4. The Hall–Kier alpha value is -2.37. The second kappa shape index (κ2) is 9.53. The number of amides is 2. The molecule has 0 unspecified atom stereocenters. The first-order valence-corrected chi connectivity index (χ1v) is 9.60. The molecule has 1 aromatic rings. The highest BCUT2D eigenvalue weighted by atomic mass is 16.6. The van der Waals surface area contributed by atoms with Crippen LogP contribution >= 0.6 is 0 Å². The number of ether oxygens (including phenoxy) is 1. The summed E-state index contributed by atoms with van der Waals surface area (Å²) in [6, 6.07) is 9.34. The lowest BCUT2D eigenvalue weighted by molar-refractivity contribution is -0.126. The molecule has 2 amide bonds. The maximum Gasteiger partial charge on any atom is 0.407 e. The second-order valence-corrected chi connectivity index (χ2v) is 8.00. The Bertz CT molecular complexity index is 644. The fraction of sp³-hybridized carbons (Fsp3) is 0.571. The predicted octanol–water partition coefficient (Wildman–Crippen LogP) is 3.32. The van der Waals surface area contributed by atoms with Crippen LogP contribution in [0.15, 0.2) is 30.3 Å². The highest BCUT2D eigenvalue weighted by Gasteiger charge is 2.30. The van der Waals surface area contributed by atoms with Crippen molar-refractivity contribution in [1.29, 1.82) is 0 Å². The van der Waals surface area contributed by atoms with Crippen molar-refractivity contribution in [3.63, 3.8) is 0 Å². The first kappa shape index (κ1) is 20.9. The first-order valence-electron chi connectivity index (χ1n) is 9.60. The van der Waals surface area contributed by atoms with E-state index >= 15 is 0 Å². The van der Waals surface area contributed by atoms with Crippen LogP contribution in [0.4, 0.5) is 4.79 Å². The molecule has 1 aliphatic carbocycles. The molecule has 6 heteroatoms. The maximum absolute atomic E-state index is 12.5. The number of hydrogen-bond donors (Lipinski definition) is 2. The summed E-state index contributed by atoms with van der Waals surface area (Å²) in [6.07, 6.45) is 2.42. The number of rotatable bonds is 6. The van der Waals surface area contributed by atoms with Crippen molar-refractivity contribution >= 4 is 17.8 Å². The maximum atomic E-state index is 12.5. The molecule has 2 rings (SSSR count). The Kier molecular flexibility index (Phi) is 7.39. The van der Waals surface area contributed by atoms with Crippen molar-refractivity contribution in [3.8, 4) is 0 Å². The second-order valence-electron chi connectivity index (χ2n) is 8.00. The number of nitrogens with one attached hydrogen (secondary N) is 2. The monoisotopic (exact) mass is 374 g/mol. The lowest BCUT2D eigenvalue weighted by atomic mass is 9.78. The van der Waals surface area contributed by atoms with Crippen molar-refractivity contribution < 1.29 is 19.1 Å². The Morgan fingerprint density at radius 3 is 2.07 bits per heavy atom. The molecule has 1 saturated carbocycles. The van der Waals surface area contributed by atoms with Crippen LogP contribution in [0, 0.1) is 11.8 Å². The van der Waals surface area contributed by atoms with E-state index in [1.54, 1.807) is 20.8 Å². The lowest BCUT2D eigenvalue weighted by Crippen LogP contribution is -2.40. The molecule has 0 atom stereocenters. The van der Waals surface area contributed by atoms with Crippen LogP contribution in [-0.4, -0.2) is 36.5 Å². The fourth-order valence-electron chi connectivity index (χ4n) is 3.26. The number of carbonyl (C=O) groups is 3. The third-order valence-corrected chi connectivity index (χ3v) is 4.62. The summed E-state index contributed by atoms with van der Waals surface area (Å²) in [4.78, 5) is 36.3. The van der Waals surface area contributed by atoms with Gasteiger partial charge in [0, 0.05) is 30.5 Å². The highest BCUT2D eigenvalue weighted by molar-refractivity contribution is 5.98. The number of Topliss-reactive ketones (excluding diaryl/α,β-unsaturated/α-hetero) is 1. The van der Waals surface area contributed by atoms with Crippen LogP contribution in [0.1, 0.15) is 56.8 Å². The third kappa shape index (κ3) is 7.04. The molecule has 0 aromatic heterocycles. The molecule has 2 N–H and O–H groups in total. The van der Waals surface area contributed by atoms with E-state index in [1.165, 1.54) is 0 Å². The average molecular weight is 374 g/mol. The van der Waals surface area contributed by atoms with Crippen LogP contribution in [0.3, 0.4) is 0 Å². The van der Waals surface area contributed by atoms with Crippen LogP contribution in [0.5, 0.6) is 0 Å². The van der Waals surface area contributed by atoms with E-state index in [4.69, 9.17) is 4.74 Å². The number of alkyl carbamates (subject to hydrolysis) is 1. The third-order valence-electron chi connectivity index (χ3n) is 4.62. The molecule has 1 aliphatic rings. The molecule has 0 aliphatic heterocycles. The predicted molar refractivity (Wildman–Crippen MR) is 103 cm³/mol. The van der Waals surface area contributed by atoms with Gasteiger partial charge in [-0.2, -0.15) is 0 Å². The Morgan fingerprint density at radius 1 is 0.926 bits per heavy atom. The van der Waals surface area contributed by atoms with Gasteiger partial charge in [0.15, 0.2) is 5.78 Å². The molecule has 0 heterocycles. The van der Waals surface area contributed by atoms with Gasteiger partial charge in [0.05, 0.1) is 0 Å². The van der Waals surface area contributed by atoms with Crippen molar-refractivity contribution in [2.75, 3.05) is 13.1 Å². The highest BCUT2D eigenvalue weighted by Crippen LogP contribution is 2.31. The van der Waals surface area contributed by atoms with E-state index < -0.39 is 11.7 Å². The molecule has 0 saturated heterocycles. The van der Waals surface area contributed by atoms with Crippen molar-refractivity contribution in [2.24, 2.45) is 11.8 Å². The molecule has 0 radical (unpaired) electrons. The number of ketones is 1. The molecule has 0 spiro atoms. The van der Waals surface area contributed by atoms with E-state index in [0.717, 1.165) is 18.4 Å². The first-order chi connectivity index (χ1) is 12.8. The molecule has 1 fully saturated rings. The standard InChI is InChI=1S/C21H30N2O4/c1-21(2,3)27-20(26)23-14-13-22-19(25)17-11-9-16(10-12-17)18(24)15-7-5-4-6-8-15/h4-8,16-17H,9-14H2,1-3H3,(H,22,25)(H,23,26). The van der Waals surface area contributed by atoms with Crippen molar-refractivity contribution in [1.82, 2.24) is 10.6 Å². The lowest BCUT2D eigenvalue weighted by Gasteiger charge is -2.27. The minimum atomic E-state index is -0.539. The Morgan fingerprint density at radius 2 is 1.48 bits per heavy atom. The SMILES string of the molecule is CC(C)(C)OC(=O)NCCNC(=O)C1CCC(C(=O)c2ccccc2)CC1. The zero-order valence-corrected chi connectivity index (χ0v) is 16.4. The van der Waals surface area contributed by atoms with Crippen LogP contribution in [-0.2, 0) is 9.53 Å². The van der Waals surface area contributed by atoms with Crippen molar-refractivity contribution in [3.05, 3.63) is 35.9 Å². The number of carbonyl (C=O) groups excluding carboxylic acids is 3. The van der Waals surface area contributed by atoms with Gasteiger partial charge in [-0.25, -0.2) is 4.79 Å². The largest absolute Gasteiger partial charge is 0.444 e. The van der Waals surface area contributed by atoms with Crippen LogP contribution in [0.25, 0.3) is 0 Å². The van der Waals surface area contributed by atoms with Gasteiger partial charge in [-0.15, -0.1) is 0 Å². The Labute approximate surface area is 161 Å². The van der Waals surface area contributed by atoms with E-state index in [-0.39, 0.29) is 23.5 Å². The van der Waals surface area contributed by atoms with Gasteiger partial charge in [0.1, 0.15) is 5.60 Å². The van der Waals surface area contributed by atoms with Gasteiger partial charge < -0.3 is 15.4 Å². The van der Waals surface area contributed by atoms with Gasteiger partial charge in [0.25, 0.3) is 0 Å². The van der Waals surface area contributed by atoms with Crippen LogP contribution in [0.2, 0.25) is 0 Å². The van der Waals surface area contributed by atoms with Gasteiger partial charge in [-0.05, 0) is 46.5 Å². The molecule has 0 bridgehead atoms. The zero-order valence-electron chi connectivity index (χ0n) is 16.4. The number of benzene rings is 1. The molecular weight excluding hydrogens is 344 g/mol. The van der Waals surface area contributed by atoms with E-state index in [0.29, 0.717) is 25.9 Å². The molecule has 6 nitrogen and oxygen atoms in total. The molecule has 27 heavy (non-hydrogen) atoms. The van der Waals surface area contributed by atoms with E-state index in [9.17, 15) is 14.4 Å². The van der Waals surface area contributed by atoms with Crippen molar-refractivity contribution in [2.45, 2.75) is 52.1 Å². The summed E-state index contributed by atoms with van der Waals surface area (Å²) in [5.74, 6) is 0.110. The smallest absolute Gasteiger partial charge is 0.407 e. The minimum Gasteiger partial charge on any atom is -0.444 e. The summed E-state index contributed by atoms with van der Waals surface area (Å²) in [6.45, 7) is 6.08. The summed E-state index contributed by atoms with van der Waals surface area (Å²) in [5, 5.41) is 5.47. The summed E-state index contributed by atoms with van der Waals surface area (Å²) in [7, 11) is 0. The van der Waals surface area contributed by atoms with E-state index in [2.05, 4.69) is 10.6 Å². The quantitative estimate of drug-likeness (QED) is 0.591. The average Bonchev–Trinajstić information content (AvgIpc) is 2.64. The normalized spacial score (nSPS) is 19.8. The summed E-state index contributed by atoms with van der Waals surface area (Å²) in [5.41, 5.74) is 0.210. The van der Waals surface area contributed by atoms with Gasteiger partial charge in [-0.3, -0.25) is 9.59 Å². The summed E-state index contributed by atoms with van der Waals surface area (Å²) >= 11 is 0.